The van der Waals surface area contributed by atoms with Crippen LogP contribution in [0, 0.1) is 6.92 Å². The van der Waals surface area contributed by atoms with Crippen molar-refractivity contribution in [3.63, 3.8) is 0 Å². The van der Waals surface area contributed by atoms with Crippen LogP contribution in [0.3, 0.4) is 0 Å². The lowest BCUT2D eigenvalue weighted by atomic mass is 10.0. The Balaban J connectivity index is 1.60. The van der Waals surface area contributed by atoms with Gasteiger partial charge in [-0.25, -0.2) is 0 Å². The fourth-order valence-corrected chi connectivity index (χ4v) is 3.70. The summed E-state index contributed by atoms with van der Waals surface area (Å²) in [7, 11) is 0. The van der Waals surface area contributed by atoms with Gasteiger partial charge in [0.05, 0.1) is 10.6 Å². The summed E-state index contributed by atoms with van der Waals surface area (Å²) in [6, 6.07) is 21.4. The summed E-state index contributed by atoms with van der Waals surface area (Å²) in [6.45, 7) is 1.98. The van der Waals surface area contributed by atoms with E-state index in [1.807, 2.05) is 61.7 Å². The normalized spacial score (nSPS) is 11.8. The summed E-state index contributed by atoms with van der Waals surface area (Å²) in [5.41, 5.74) is 4.02. The number of anilines is 1. The van der Waals surface area contributed by atoms with Gasteiger partial charge < -0.3 is 15.6 Å². The zero-order valence-electron chi connectivity index (χ0n) is 17.0. The molecule has 0 fully saturated rings. The lowest BCUT2D eigenvalue weighted by Gasteiger charge is -2.19. The molecule has 1 heterocycles. The number of halogens is 1. The molecule has 0 bridgehead atoms. The van der Waals surface area contributed by atoms with E-state index in [1.54, 1.807) is 24.3 Å². The third kappa shape index (κ3) is 4.78. The van der Waals surface area contributed by atoms with Gasteiger partial charge in [0, 0.05) is 29.2 Å². The summed E-state index contributed by atoms with van der Waals surface area (Å²) >= 11 is 6.18. The molecule has 4 aromatic rings. The highest BCUT2D eigenvalue weighted by molar-refractivity contribution is 6.33. The lowest BCUT2D eigenvalue weighted by molar-refractivity contribution is -0.118. The number of H-pyrrole nitrogens is 1. The van der Waals surface area contributed by atoms with Gasteiger partial charge in [-0.05, 0) is 42.8 Å². The Morgan fingerprint density at radius 2 is 1.68 bits per heavy atom. The SMILES string of the molecule is Cc1ccc(NC(=O)C(Cc2c[nH]c3ccccc23)NC(=O)c2ccccc2Cl)cc1. The molecule has 3 N–H and O–H groups in total. The van der Waals surface area contributed by atoms with Crippen LogP contribution in [-0.4, -0.2) is 22.8 Å². The van der Waals surface area contributed by atoms with Crippen LogP contribution in [0.4, 0.5) is 5.69 Å². The first-order valence-corrected chi connectivity index (χ1v) is 10.4. The minimum atomic E-state index is -0.788. The van der Waals surface area contributed by atoms with Gasteiger partial charge in [0.25, 0.3) is 5.91 Å². The summed E-state index contributed by atoms with van der Waals surface area (Å²) < 4.78 is 0. The quantitative estimate of drug-likeness (QED) is 0.397. The van der Waals surface area contributed by atoms with Crippen molar-refractivity contribution in [1.82, 2.24) is 10.3 Å². The first-order chi connectivity index (χ1) is 15.0. The topological polar surface area (TPSA) is 74.0 Å². The molecule has 0 saturated carbocycles. The van der Waals surface area contributed by atoms with E-state index in [0.29, 0.717) is 22.7 Å². The van der Waals surface area contributed by atoms with Crippen molar-refractivity contribution in [2.45, 2.75) is 19.4 Å². The van der Waals surface area contributed by atoms with Crippen LogP contribution in [0.2, 0.25) is 5.02 Å². The number of aryl methyl sites for hydroxylation is 1. The number of amides is 2. The Bertz CT molecular complexity index is 1230. The van der Waals surface area contributed by atoms with E-state index in [4.69, 9.17) is 11.6 Å². The second kappa shape index (κ2) is 9.06. The average Bonchev–Trinajstić information content (AvgIpc) is 3.18. The number of para-hydroxylation sites is 1. The fourth-order valence-electron chi connectivity index (χ4n) is 3.48. The van der Waals surface area contributed by atoms with Crippen LogP contribution in [0.5, 0.6) is 0 Å². The van der Waals surface area contributed by atoms with Gasteiger partial charge in [0.1, 0.15) is 6.04 Å². The number of fused-ring (bicyclic) bond motifs is 1. The first kappa shape index (κ1) is 20.7. The molecular formula is C25H22ClN3O2. The summed E-state index contributed by atoms with van der Waals surface area (Å²) in [5.74, 6) is -0.691. The maximum Gasteiger partial charge on any atom is 0.253 e. The van der Waals surface area contributed by atoms with Gasteiger partial charge in [-0.15, -0.1) is 0 Å². The van der Waals surface area contributed by atoms with Crippen molar-refractivity contribution in [2.75, 3.05) is 5.32 Å². The van der Waals surface area contributed by atoms with Crippen molar-refractivity contribution in [3.05, 3.63) is 101 Å². The van der Waals surface area contributed by atoms with Crippen LogP contribution >= 0.6 is 11.6 Å². The molecule has 0 aliphatic carbocycles. The summed E-state index contributed by atoms with van der Waals surface area (Å²) in [6.07, 6.45) is 2.20. The molecule has 2 amide bonds. The molecule has 0 spiro atoms. The van der Waals surface area contributed by atoms with E-state index in [-0.39, 0.29) is 5.91 Å². The maximum atomic E-state index is 13.1. The maximum absolute atomic E-state index is 13.1. The largest absolute Gasteiger partial charge is 0.361 e. The van der Waals surface area contributed by atoms with Crippen LogP contribution < -0.4 is 10.6 Å². The molecule has 0 radical (unpaired) electrons. The average molecular weight is 432 g/mol. The van der Waals surface area contributed by atoms with Gasteiger partial charge in [-0.2, -0.15) is 0 Å². The highest BCUT2D eigenvalue weighted by Gasteiger charge is 2.24. The van der Waals surface area contributed by atoms with Crippen molar-refractivity contribution >= 4 is 40.0 Å². The molecule has 5 nitrogen and oxygen atoms in total. The molecule has 6 heteroatoms. The van der Waals surface area contributed by atoms with Crippen LogP contribution in [-0.2, 0) is 11.2 Å². The fraction of sp³-hybridized carbons (Fsp3) is 0.120. The highest BCUT2D eigenvalue weighted by atomic mass is 35.5. The van der Waals surface area contributed by atoms with Crippen molar-refractivity contribution in [3.8, 4) is 0 Å². The van der Waals surface area contributed by atoms with E-state index in [9.17, 15) is 9.59 Å². The molecule has 156 valence electrons. The number of nitrogens with one attached hydrogen (secondary N) is 3. The molecule has 4 rings (SSSR count). The van der Waals surface area contributed by atoms with Gasteiger partial charge in [-0.1, -0.05) is 59.6 Å². The molecule has 1 atom stereocenters. The number of aromatic amines is 1. The molecule has 3 aromatic carbocycles. The standard InChI is InChI=1S/C25H22ClN3O2/c1-16-10-12-18(13-11-16)28-25(31)23(29-24(30)20-7-2-4-8-21(20)26)14-17-15-27-22-9-5-3-6-19(17)22/h2-13,15,23,27H,14H2,1H3,(H,28,31)(H,29,30). The Hall–Kier alpha value is -3.57. The summed E-state index contributed by atoms with van der Waals surface area (Å²) in [5, 5.41) is 7.12. The second-order valence-electron chi connectivity index (χ2n) is 7.42. The summed E-state index contributed by atoms with van der Waals surface area (Å²) in [4.78, 5) is 29.2. The molecule has 31 heavy (non-hydrogen) atoms. The minimum Gasteiger partial charge on any atom is -0.361 e. The Morgan fingerprint density at radius 3 is 2.45 bits per heavy atom. The molecule has 1 aromatic heterocycles. The van der Waals surface area contributed by atoms with E-state index in [1.165, 1.54) is 0 Å². The first-order valence-electron chi connectivity index (χ1n) is 9.99. The number of carbonyl (C=O) groups excluding carboxylic acids is 2. The Kier molecular flexibility index (Phi) is 6.05. The molecular weight excluding hydrogens is 410 g/mol. The molecule has 1 unspecified atom stereocenters. The molecule has 0 saturated heterocycles. The van der Waals surface area contributed by atoms with E-state index < -0.39 is 11.9 Å². The predicted molar refractivity (Wildman–Crippen MR) is 125 cm³/mol. The minimum absolute atomic E-state index is 0.297. The predicted octanol–water partition coefficient (Wildman–Crippen LogP) is 5.11. The zero-order valence-corrected chi connectivity index (χ0v) is 17.7. The third-order valence-electron chi connectivity index (χ3n) is 5.16. The van der Waals surface area contributed by atoms with Crippen molar-refractivity contribution in [1.29, 1.82) is 0 Å². The van der Waals surface area contributed by atoms with Crippen molar-refractivity contribution in [2.24, 2.45) is 0 Å². The van der Waals surface area contributed by atoms with Gasteiger partial charge in [0.2, 0.25) is 5.91 Å². The molecule has 0 aliphatic heterocycles. The highest BCUT2D eigenvalue weighted by Crippen LogP contribution is 2.21. The second-order valence-corrected chi connectivity index (χ2v) is 7.83. The third-order valence-corrected chi connectivity index (χ3v) is 5.49. The van der Waals surface area contributed by atoms with E-state index in [2.05, 4.69) is 15.6 Å². The monoisotopic (exact) mass is 431 g/mol. The number of aromatic nitrogens is 1. The van der Waals surface area contributed by atoms with Gasteiger partial charge >= 0.3 is 0 Å². The Labute approximate surface area is 185 Å². The molecule has 0 aliphatic rings. The number of carbonyl (C=O) groups is 2. The Morgan fingerprint density at radius 1 is 0.968 bits per heavy atom. The number of hydrogen-bond acceptors (Lipinski definition) is 2. The van der Waals surface area contributed by atoms with Gasteiger partial charge in [-0.3, -0.25) is 9.59 Å². The van der Waals surface area contributed by atoms with E-state index >= 15 is 0 Å². The number of rotatable bonds is 6. The van der Waals surface area contributed by atoms with Crippen molar-refractivity contribution < 1.29 is 9.59 Å². The zero-order chi connectivity index (χ0) is 21.8. The van der Waals surface area contributed by atoms with Crippen LogP contribution in [0.1, 0.15) is 21.5 Å². The lowest BCUT2D eigenvalue weighted by Crippen LogP contribution is -2.45. The number of benzene rings is 3. The van der Waals surface area contributed by atoms with Crippen LogP contribution in [0.15, 0.2) is 79.0 Å². The number of hydrogen-bond donors (Lipinski definition) is 3. The van der Waals surface area contributed by atoms with Gasteiger partial charge in [0.15, 0.2) is 0 Å². The van der Waals surface area contributed by atoms with Crippen LogP contribution in [0.25, 0.3) is 10.9 Å². The smallest absolute Gasteiger partial charge is 0.253 e. The van der Waals surface area contributed by atoms with E-state index in [0.717, 1.165) is 22.0 Å².